The van der Waals surface area contributed by atoms with Crippen LogP contribution in [-0.4, -0.2) is 83.0 Å². The van der Waals surface area contributed by atoms with Gasteiger partial charge in [0.05, 0.1) is 5.92 Å². The molecule has 0 bridgehead atoms. The van der Waals surface area contributed by atoms with Crippen molar-refractivity contribution in [2.45, 2.75) is 111 Å². The smallest absolute Gasteiger partial charge is 0.303 e. The van der Waals surface area contributed by atoms with Crippen LogP contribution in [0.15, 0.2) is 24.3 Å². The molecule has 0 aromatic rings. The Hall–Kier alpha value is -4.36. The second-order valence-corrected chi connectivity index (χ2v) is 12.4. The van der Waals surface area contributed by atoms with Gasteiger partial charge in [0.15, 0.2) is 35.0 Å². The van der Waals surface area contributed by atoms with Crippen LogP contribution in [0, 0.1) is 17.3 Å². The highest BCUT2D eigenvalue weighted by Crippen LogP contribution is 2.54. The Morgan fingerprint density at radius 2 is 1.13 bits per heavy atom. The lowest BCUT2D eigenvalue weighted by Gasteiger charge is -2.42. The number of fused-ring (bicyclic) bond motifs is 1. The number of rotatable bonds is 6. The summed E-state index contributed by atoms with van der Waals surface area (Å²) in [5, 5.41) is 0. The van der Waals surface area contributed by atoms with Crippen molar-refractivity contribution in [1.82, 2.24) is 0 Å². The van der Waals surface area contributed by atoms with Crippen molar-refractivity contribution < 1.29 is 66.8 Å². The van der Waals surface area contributed by atoms with Gasteiger partial charge in [0, 0.05) is 64.9 Å². The molecule has 46 heavy (non-hydrogen) atoms. The molecule has 254 valence electrons. The third-order valence-electron chi connectivity index (χ3n) is 7.81. The number of carbonyl (C=O) groups excluding carboxylic acids is 8. The summed E-state index contributed by atoms with van der Waals surface area (Å²) in [6.07, 6.45) is -5.02. The summed E-state index contributed by atoms with van der Waals surface area (Å²) < 4.78 is 33.7. The van der Waals surface area contributed by atoms with Crippen LogP contribution in [-0.2, 0) is 66.8 Å². The third-order valence-corrected chi connectivity index (χ3v) is 7.81. The van der Waals surface area contributed by atoms with E-state index >= 15 is 0 Å². The number of carbonyl (C=O) groups is 8. The minimum Gasteiger partial charge on any atom is -0.458 e. The molecule has 14 heteroatoms. The van der Waals surface area contributed by atoms with E-state index in [1.54, 1.807) is 0 Å². The number of allylic oxidation sites excluding steroid dienone is 2. The van der Waals surface area contributed by atoms with Gasteiger partial charge in [-0.1, -0.05) is 25.7 Å². The van der Waals surface area contributed by atoms with Crippen LogP contribution >= 0.6 is 0 Å². The molecule has 0 aromatic carbocycles. The van der Waals surface area contributed by atoms with Crippen LogP contribution in [0.4, 0.5) is 0 Å². The highest BCUT2D eigenvalue weighted by molar-refractivity contribution is 5.95. The molecular weight excluding hydrogens is 608 g/mol. The van der Waals surface area contributed by atoms with Gasteiger partial charge >= 0.3 is 35.8 Å². The number of esters is 6. The first-order valence-electron chi connectivity index (χ1n) is 14.5. The molecule has 1 fully saturated rings. The normalized spacial score (nSPS) is 33.2. The van der Waals surface area contributed by atoms with Gasteiger partial charge in [-0.25, -0.2) is 0 Å². The SMILES string of the molecule is C=C1C(OC(C)=O)C(OC(C)=O)C(=O)C(C)(C)/C=C\C(C)C(=O)[C@@]2(OC(C)=O)C[C@@](C)(OC(C)=O)[C@H](OC(C)=O)[C@H]2C1OC(C)=O. The monoisotopic (exact) mass is 650 g/mol. The van der Waals surface area contributed by atoms with Crippen LogP contribution in [0.2, 0.25) is 0 Å². The summed E-state index contributed by atoms with van der Waals surface area (Å²) in [5.74, 6) is -9.97. The van der Waals surface area contributed by atoms with E-state index in [1.807, 2.05) is 0 Å². The summed E-state index contributed by atoms with van der Waals surface area (Å²) in [5.41, 5.74) is -6.07. The lowest BCUT2D eigenvalue weighted by atomic mass is 9.72. The molecule has 14 nitrogen and oxygen atoms in total. The number of ether oxygens (including phenoxy) is 6. The van der Waals surface area contributed by atoms with E-state index in [2.05, 4.69) is 6.58 Å². The lowest BCUT2D eigenvalue weighted by molar-refractivity contribution is -0.191. The summed E-state index contributed by atoms with van der Waals surface area (Å²) in [7, 11) is 0. The molecule has 0 aromatic heterocycles. The number of hydrogen-bond donors (Lipinski definition) is 0. The summed E-state index contributed by atoms with van der Waals surface area (Å²) in [6, 6.07) is 0. The maximum absolute atomic E-state index is 14.6. The Morgan fingerprint density at radius 3 is 1.59 bits per heavy atom. The second kappa shape index (κ2) is 14.0. The van der Waals surface area contributed by atoms with Crippen LogP contribution in [0.1, 0.15) is 75.7 Å². The van der Waals surface area contributed by atoms with E-state index in [4.69, 9.17) is 28.4 Å². The first-order chi connectivity index (χ1) is 21.0. The first kappa shape index (κ1) is 37.8. The Morgan fingerprint density at radius 1 is 0.674 bits per heavy atom. The first-order valence-corrected chi connectivity index (χ1v) is 14.5. The predicted molar refractivity (Wildman–Crippen MR) is 156 cm³/mol. The zero-order chi connectivity index (χ0) is 35.5. The highest BCUT2D eigenvalue weighted by Gasteiger charge is 2.72. The Labute approximate surface area is 267 Å². The van der Waals surface area contributed by atoms with Crippen molar-refractivity contribution in [3.8, 4) is 0 Å². The highest BCUT2D eigenvalue weighted by atomic mass is 16.6. The van der Waals surface area contributed by atoms with Crippen LogP contribution in [0.25, 0.3) is 0 Å². The van der Waals surface area contributed by atoms with Crippen LogP contribution < -0.4 is 0 Å². The van der Waals surface area contributed by atoms with Crippen molar-refractivity contribution >= 4 is 47.4 Å². The molecule has 0 aliphatic heterocycles. The summed E-state index contributed by atoms with van der Waals surface area (Å²) >= 11 is 0. The van der Waals surface area contributed by atoms with Gasteiger partial charge in [-0.05, 0) is 20.8 Å². The molecule has 0 heterocycles. The second-order valence-electron chi connectivity index (χ2n) is 12.4. The molecule has 0 spiro atoms. The number of ketones is 2. The average Bonchev–Trinajstić information content (AvgIpc) is 3.11. The van der Waals surface area contributed by atoms with Gasteiger partial charge in [-0.3, -0.25) is 38.4 Å². The summed E-state index contributed by atoms with van der Waals surface area (Å²) in [6.45, 7) is 15.9. The molecule has 0 N–H and O–H groups in total. The topological polar surface area (TPSA) is 192 Å². The van der Waals surface area contributed by atoms with Gasteiger partial charge in [0.25, 0.3) is 0 Å². The fraction of sp³-hybridized carbons (Fsp3) is 0.625. The fourth-order valence-electron chi connectivity index (χ4n) is 6.20. The van der Waals surface area contributed by atoms with Crippen LogP contribution in [0.3, 0.4) is 0 Å². The largest absolute Gasteiger partial charge is 0.458 e. The van der Waals surface area contributed by atoms with Gasteiger partial charge < -0.3 is 28.4 Å². The Kier molecular flexibility index (Phi) is 11.5. The minimum absolute atomic E-state index is 0.392. The van der Waals surface area contributed by atoms with Crippen LogP contribution in [0.5, 0.6) is 0 Å². The quantitative estimate of drug-likeness (QED) is 0.231. The van der Waals surface area contributed by atoms with Gasteiger partial charge in [-0.2, -0.15) is 0 Å². The molecular formula is C32H42O14. The van der Waals surface area contributed by atoms with E-state index < -0.39 is 112 Å². The van der Waals surface area contributed by atoms with Gasteiger partial charge in [-0.15, -0.1) is 0 Å². The number of hydrogen-bond acceptors (Lipinski definition) is 14. The van der Waals surface area contributed by atoms with Crippen molar-refractivity contribution in [3.05, 3.63) is 24.3 Å². The van der Waals surface area contributed by atoms with E-state index in [-0.39, 0.29) is 0 Å². The minimum atomic E-state index is -2.34. The molecule has 1 saturated carbocycles. The van der Waals surface area contributed by atoms with E-state index in [0.29, 0.717) is 0 Å². The van der Waals surface area contributed by atoms with Gasteiger partial charge in [0.1, 0.15) is 6.10 Å². The zero-order valence-corrected chi connectivity index (χ0v) is 27.7. The Balaban J connectivity index is 3.21. The van der Waals surface area contributed by atoms with E-state index in [1.165, 1.54) is 39.8 Å². The van der Waals surface area contributed by atoms with Crippen molar-refractivity contribution in [3.63, 3.8) is 0 Å². The average molecular weight is 651 g/mol. The van der Waals surface area contributed by atoms with Crippen molar-refractivity contribution in [2.75, 3.05) is 0 Å². The molecule has 2 rings (SSSR count). The van der Waals surface area contributed by atoms with Crippen molar-refractivity contribution in [1.29, 1.82) is 0 Å². The lowest BCUT2D eigenvalue weighted by Crippen LogP contribution is -2.58. The van der Waals surface area contributed by atoms with E-state index in [9.17, 15) is 38.4 Å². The van der Waals surface area contributed by atoms with Gasteiger partial charge in [0.2, 0.25) is 6.10 Å². The summed E-state index contributed by atoms with van der Waals surface area (Å²) in [4.78, 5) is 104. The molecule has 4 unspecified atom stereocenters. The van der Waals surface area contributed by atoms with Crippen molar-refractivity contribution in [2.24, 2.45) is 17.3 Å². The molecule has 0 radical (unpaired) electrons. The molecule has 0 saturated heterocycles. The molecule has 0 amide bonds. The zero-order valence-electron chi connectivity index (χ0n) is 27.7. The fourth-order valence-corrected chi connectivity index (χ4v) is 6.20. The predicted octanol–water partition coefficient (Wildman–Crippen LogP) is 2.28. The standard InChI is InChI=1S/C32H42O14/c1-15-12-13-30(9,10)28(40)26(43-19(5)35)25(42-18(4)34)16(2)24(41-17(3)33)23-29(44-20(6)36)31(11,45-21(7)37)14-32(23,27(15)39)46-22(8)38/h12-13,15,23-26,29H,2,14H2,1,3-11H3/b13-12-/t15?,23-,24?,25?,26?,29-,31-,32-/m1/s1. The maximum atomic E-state index is 14.6. The Bertz CT molecular complexity index is 1360. The molecule has 2 aliphatic carbocycles. The molecule has 8 atom stereocenters. The third kappa shape index (κ3) is 8.07. The molecule has 2 aliphatic rings. The number of Topliss-reactive ketones (excluding diaryl/α,β-unsaturated/α-hetero) is 2. The maximum Gasteiger partial charge on any atom is 0.303 e. The van der Waals surface area contributed by atoms with E-state index in [0.717, 1.165) is 41.5 Å².